The van der Waals surface area contributed by atoms with Gasteiger partial charge in [-0.05, 0) is 17.7 Å². The van der Waals surface area contributed by atoms with E-state index in [4.69, 9.17) is 17.3 Å². The zero-order chi connectivity index (χ0) is 11.4. The van der Waals surface area contributed by atoms with Gasteiger partial charge < -0.3 is 5.73 Å². The number of nitrogen functional groups attached to an aromatic ring is 1. The Labute approximate surface area is 103 Å². The third kappa shape index (κ3) is 3.12. The molecule has 0 amide bonds. The minimum atomic E-state index is 0.441. The molecule has 0 saturated carbocycles. The molecule has 3 nitrogen and oxygen atoms in total. The molecule has 0 aliphatic rings. The fourth-order valence-corrected chi connectivity index (χ4v) is 2.03. The van der Waals surface area contributed by atoms with Crippen molar-refractivity contribution in [3.05, 3.63) is 47.2 Å². The maximum absolute atomic E-state index is 5.80. The Hall–Kier alpha value is -1.26. The highest BCUT2D eigenvalue weighted by atomic mass is 35.5. The van der Waals surface area contributed by atoms with E-state index in [-0.39, 0.29) is 0 Å². The van der Waals surface area contributed by atoms with Crippen LogP contribution in [0.3, 0.4) is 0 Å². The fourth-order valence-electron chi connectivity index (χ4n) is 1.14. The smallest absolute Gasteiger partial charge is 0.141 e. The lowest BCUT2D eigenvalue weighted by molar-refractivity contribution is 1.06. The number of rotatable bonds is 3. The van der Waals surface area contributed by atoms with Gasteiger partial charge in [-0.1, -0.05) is 23.7 Å². The van der Waals surface area contributed by atoms with Gasteiger partial charge in [-0.3, -0.25) is 0 Å². The largest absolute Gasteiger partial charge is 0.382 e. The molecule has 0 unspecified atom stereocenters. The van der Waals surface area contributed by atoms with Gasteiger partial charge >= 0.3 is 0 Å². The Morgan fingerprint density at radius 1 is 1.12 bits per heavy atom. The highest BCUT2D eigenvalue weighted by Gasteiger charge is 1.98. The van der Waals surface area contributed by atoms with Crippen molar-refractivity contribution < 1.29 is 0 Å². The zero-order valence-electron chi connectivity index (χ0n) is 8.43. The van der Waals surface area contributed by atoms with Gasteiger partial charge in [-0.15, -0.1) is 11.8 Å². The summed E-state index contributed by atoms with van der Waals surface area (Å²) in [6.07, 6.45) is 3.24. The molecule has 5 heteroatoms. The molecule has 2 aromatic rings. The summed E-state index contributed by atoms with van der Waals surface area (Å²) >= 11 is 7.42. The van der Waals surface area contributed by atoms with E-state index < -0.39 is 0 Å². The summed E-state index contributed by atoms with van der Waals surface area (Å²) in [5.41, 5.74) is 6.65. The second kappa shape index (κ2) is 5.18. The topological polar surface area (TPSA) is 51.8 Å². The Morgan fingerprint density at radius 3 is 2.50 bits per heavy atom. The number of hydrogen-bond acceptors (Lipinski definition) is 4. The summed E-state index contributed by atoms with van der Waals surface area (Å²) in [5.74, 6) is 1.28. The van der Waals surface area contributed by atoms with Crippen LogP contribution in [0.2, 0.25) is 5.02 Å². The van der Waals surface area contributed by atoms with Crippen molar-refractivity contribution in [2.24, 2.45) is 0 Å². The number of halogens is 1. The predicted molar refractivity (Wildman–Crippen MR) is 67.5 cm³/mol. The molecule has 1 heterocycles. The second-order valence-corrected chi connectivity index (χ2v) is 4.63. The first-order valence-corrected chi connectivity index (χ1v) is 6.05. The van der Waals surface area contributed by atoms with Crippen molar-refractivity contribution in [2.75, 3.05) is 5.73 Å². The third-order valence-electron chi connectivity index (χ3n) is 1.95. The standard InChI is InChI=1S/C11H10ClN3S/c12-9-3-1-8(2-4-9)7-16-11-6-14-10(13)5-15-11/h1-6H,7H2,(H2,13,14). The molecule has 0 aliphatic heterocycles. The van der Waals surface area contributed by atoms with Gasteiger partial charge in [0, 0.05) is 10.8 Å². The normalized spacial score (nSPS) is 10.3. The van der Waals surface area contributed by atoms with Crippen LogP contribution in [0.1, 0.15) is 5.56 Å². The Balaban J connectivity index is 1.97. The molecule has 2 rings (SSSR count). The Bertz CT molecular complexity index is 410. The molecule has 0 saturated heterocycles. The summed E-state index contributed by atoms with van der Waals surface area (Å²) in [6, 6.07) is 7.76. The highest BCUT2D eigenvalue weighted by molar-refractivity contribution is 7.98. The molecule has 0 radical (unpaired) electrons. The van der Waals surface area contributed by atoms with E-state index in [9.17, 15) is 0 Å². The van der Waals surface area contributed by atoms with E-state index in [1.807, 2.05) is 24.3 Å². The van der Waals surface area contributed by atoms with E-state index in [1.165, 1.54) is 5.56 Å². The first-order chi connectivity index (χ1) is 7.74. The third-order valence-corrected chi connectivity index (χ3v) is 3.18. The highest BCUT2D eigenvalue weighted by Crippen LogP contribution is 2.21. The zero-order valence-corrected chi connectivity index (χ0v) is 10.0. The molecule has 1 aromatic heterocycles. The molecule has 0 aliphatic carbocycles. The Kier molecular flexibility index (Phi) is 3.64. The summed E-state index contributed by atoms with van der Waals surface area (Å²) in [4.78, 5) is 8.14. The van der Waals surface area contributed by atoms with Crippen molar-refractivity contribution in [3.8, 4) is 0 Å². The van der Waals surface area contributed by atoms with Crippen LogP contribution in [0.25, 0.3) is 0 Å². The summed E-state index contributed by atoms with van der Waals surface area (Å²) in [7, 11) is 0. The molecule has 0 fully saturated rings. The SMILES string of the molecule is Nc1cnc(SCc2ccc(Cl)cc2)cn1. The van der Waals surface area contributed by atoms with Crippen molar-refractivity contribution in [2.45, 2.75) is 10.8 Å². The molecule has 82 valence electrons. The molecule has 1 aromatic carbocycles. The molecular weight excluding hydrogens is 242 g/mol. The van der Waals surface area contributed by atoms with Gasteiger partial charge in [0.25, 0.3) is 0 Å². The van der Waals surface area contributed by atoms with E-state index in [1.54, 1.807) is 24.2 Å². The maximum atomic E-state index is 5.80. The van der Waals surface area contributed by atoms with Gasteiger partial charge in [0.1, 0.15) is 10.8 Å². The van der Waals surface area contributed by atoms with Crippen LogP contribution >= 0.6 is 23.4 Å². The average Bonchev–Trinajstić information content (AvgIpc) is 2.30. The number of aromatic nitrogens is 2. The van der Waals surface area contributed by atoms with Crippen LogP contribution in [0, 0.1) is 0 Å². The number of nitrogens with two attached hydrogens (primary N) is 1. The lowest BCUT2D eigenvalue weighted by Crippen LogP contribution is -1.91. The van der Waals surface area contributed by atoms with E-state index in [0.717, 1.165) is 15.8 Å². The minimum absolute atomic E-state index is 0.441. The summed E-state index contributed by atoms with van der Waals surface area (Å²) in [6.45, 7) is 0. The maximum Gasteiger partial charge on any atom is 0.141 e. The number of hydrogen-bond donors (Lipinski definition) is 1. The lowest BCUT2D eigenvalue weighted by Gasteiger charge is -2.01. The fraction of sp³-hybridized carbons (Fsp3) is 0.0909. The van der Waals surface area contributed by atoms with Crippen LogP contribution in [0.5, 0.6) is 0 Å². The van der Waals surface area contributed by atoms with E-state index >= 15 is 0 Å². The molecule has 0 bridgehead atoms. The van der Waals surface area contributed by atoms with Gasteiger partial charge in [0.2, 0.25) is 0 Å². The van der Waals surface area contributed by atoms with Crippen LogP contribution in [0.15, 0.2) is 41.7 Å². The molecule has 16 heavy (non-hydrogen) atoms. The molecule has 0 atom stereocenters. The predicted octanol–water partition coefficient (Wildman–Crippen LogP) is 3.00. The van der Waals surface area contributed by atoms with Crippen LogP contribution < -0.4 is 5.73 Å². The van der Waals surface area contributed by atoms with Crippen molar-refractivity contribution in [1.82, 2.24) is 9.97 Å². The van der Waals surface area contributed by atoms with Crippen LogP contribution in [-0.2, 0) is 5.75 Å². The average molecular weight is 252 g/mol. The Morgan fingerprint density at radius 2 is 1.88 bits per heavy atom. The van der Waals surface area contributed by atoms with Gasteiger partial charge in [-0.25, -0.2) is 9.97 Å². The number of thioether (sulfide) groups is 1. The molecular formula is C11H10ClN3S. The van der Waals surface area contributed by atoms with E-state index in [0.29, 0.717) is 5.82 Å². The number of nitrogens with zero attached hydrogens (tertiary/aromatic N) is 2. The van der Waals surface area contributed by atoms with Gasteiger partial charge in [0.15, 0.2) is 0 Å². The monoisotopic (exact) mass is 251 g/mol. The number of benzene rings is 1. The summed E-state index contributed by atoms with van der Waals surface area (Å²) in [5, 5.41) is 1.62. The first kappa shape index (κ1) is 11.2. The van der Waals surface area contributed by atoms with Crippen molar-refractivity contribution in [1.29, 1.82) is 0 Å². The minimum Gasteiger partial charge on any atom is -0.382 e. The van der Waals surface area contributed by atoms with Gasteiger partial charge in [0.05, 0.1) is 12.4 Å². The number of anilines is 1. The van der Waals surface area contributed by atoms with Crippen molar-refractivity contribution in [3.63, 3.8) is 0 Å². The van der Waals surface area contributed by atoms with Crippen molar-refractivity contribution >= 4 is 29.2 Å². The molecule has 2 N–H and O–H groups in total. The van der Waals surface area contributed by atoms with Crippen LogP contribution in [-0.4, -0.2) is 9.97 Å². The van der Waals surface area contributed by atoms with Gasteiger partial charge in [-0.2, -0.15) is 0 Å². The summed E-state index contributed by atoms with van der Waals surface area (Å²) < 4.78 is 0. The first-order valence-electron chi connectivity index (χ1n) is 4.69. The molecule has 0 spiro atoms. The lowest BCUT2D eigenvalue weighted by atomic mass is 10.2. The quantitative estimate of drug-likeness (QED) is 0.852. The van der Waals surface area contributed by atoms with E-state index in [2.05, 4.69) is 9.97 Å². The second-order valence-electron chi connectivity index (χ2n) is 3.19. The van der Waals surface area contributed by atoms with Crippen LogP contribution in [0.4, 0.5) is 5.82 Å².